The van der Waals surface area contributed by atoms with Gasteiger partial charge >= 0.3 is 0 Å². The van der Waals surface area contributed by atoms with Crippen LogP contribution < -0.4 is 5.73 Å². The van der Waals surface area contributed by atoms with Crippen LogP contribution in [0.4, 0.5) is 10.1 Å². The lowest BCUT2D eigenvalue weighted by Gasteiger charge is -2.22. The van der Waals surface area contributed by atoms with Gasteiger partial charge in [0.15, 0.2) is 5.82 Å². The summed E-state index contributed by atoms with van der Waals surface area (Å²) in [5, 5.41) is 1.23. The van der Waals surface area contributed by atoms with Crippen LogP contribution in [0.25, 0.3) is 11.1 Å². The smallest absolute Gasteiger partial charge is 0.153 e. The van der Waals surface area contributed by atoms with Gasteiger partial charge in [-0.2, -0.15) is 0 Å². The summed E-state index contributed by atoms with van der Waals surface area (Å²) < 4.78 is 14.3. The Morgan fingerprint density at radius 3 is 2.46 bits per heavy atom. The number of rotatable bonds is 4. The number of hydrogen-bond donors (Lipinski definition) is 1. The van der Waals surface area contributed by atoms with Crippen molar-refractivity contribution < 1.29 is 4.39 Å². The van der Waals surface area contributed by atoms with Gasteiger partial charge in [-0.15, -0.1) is 0 Å². The molecule has 0 amide bonds. The van der Waals surface area contributed by atoms with Crippen LogP contribution in [0.1, 0.15) is 25.0 Å². The molecule has 2 N–H and O–H groups in total. The molecule has 0 aliphatic rings. The Hall–Kier alpha value is -1.71. The molecular formula is C19H21Cl2FN2. The van der Waals surface area contributed by atoms with Crippen LogP contribution in [0.3, 0.4) is 0 Å². The molecule has 0 heterocycles. The van der Waals surface area contributed by atoms with Crippen LogP contribution in [0, 0.1) is 12.7 Å². The number of nitrogens with two attached hydrogens (primary N) is 1. The molecule has 0 radical (unpaired) electrons. The van der Waals surface area contributed by atoms with Gasteiger partial charge in [0.2, 0.25) is 0 Å². The fraction of sp³-hybridized carbons (Fsp3) is 0.263. The van der Waals surface area contributed by atoms with Crippen molar-refractivity contribution in [1.82, 2.24) is 4.90 Å². The van der Waals surface area contributed by atoms with Gasteiger partial charge in [-0.05, 0) is 43.5 Å². The van der Waals surface area contributed by atoms with E-state index in [-0.39, 0.29) is 5.69 Å². The van der Waals surface area contributed by atoms with Gasteiger partial charge in [-0.1, -0.05) is 47.5 Å². The number of benzene rings is 2. The van der Waals surface area contributed by atoms with Crippen molar-refractivity contribution in [3.05, 3.63) is 63.0 Å². The molecule has 0 spiro atoms. The summed E-state index contributed by atoms with van der Waals surface area (Å²) in [7, 11) is 1.92. The fourth-order valence-electron chi connectivity index (χ4n) is 2.57. The lowest BCUT2D eigenvalue weighted by molar-refractivity contribution is 0.432. The predicted molar refractivity (Wildman–Crippen MR) is 102 cm³/mol. The number of allylic oxidation sites excluding steroid dienone is 1. The topological polar surface area (TPSA) is 29.3 Å². The largest absolute Gasteiger partial charge is 0.396 e. The summed E-state index contributed by atoms with van der Waals surface area (Å²) in [6.45, 7) is 6.47. The minimum Gasteiger partial charge on any atom is -0.396 e. The zero-order chi connectivity index (χ0) is 18.0. The fourth-order valence-corrected chi connectivity index (χ4v) is 2.91. The van der Waals surface area contributed by atoms with Crippen molar-refractivity contribution >= 4 is 28.9 Å². The number of hydrogen-bond acceptors (Lipinski definition) is 2. The van der Waals surface area contributed by atoms with Gasteiger partial charge < -0.3 is 10.6 Å². The minimum absolute atomic E-state index is 0.111. The van der Waals surface area contributed by atoms with Crippen LogP contribution in [0.2, 0.25) is 5.02 Å². The monoisotopic (exact) mass is 366 g/mol. The van der Waals surface area contributed by atoms with Crippen molar-refractivity contribution in [2.75, 3.05) is 12.8 Å². The minimum atomic E-state index is -0.448. The van der Waals surface area contributed by atoms with Crippen LogP contribution in [-0.4, -0.2) is 11.9 Å². The van der Waals surface area contributed by atoms with E-state index in [4.69, 9.17) is 28.9 Å². The first-order valence-corrected chi connectivity index (χ1v) is 8.36. The molecule has 2 rings (SSSR count). The van der Waals surface area contributed by atoms with Crippen LogP contribution in [0.15, 0.2) is 41.1 Å². The first kappa shape index (κ1) is 18.6. The highest BCUT2D eigenvalue weighted by Gasteiger charge is 2.15. The van der Waals surface area contributed by atoms with Gasteiger partial charge in [-0.3, -0.25) is 0 Å². The summed E-state index contributed by atoms with van der Waals surface area (Å²) in [4.78, 5) is 1.95. The molecule has 0 fully saturated rings. The Morgan fingerprint density at radius 1 is 1.17 bits per heavy atom. The van der Waals surface area contributed by atoms with Crippen molar-refractivity contribution in [2.24, 2.45) is 0 Å². The predicted octanol–water partition coefficient (Wildman–Crippen LogP) is 5.96. The highest BCUT2D eigenvalue weighted by Crippen LogP contribution is 2.35. The molecular weight excluding hydrogens is 346 g/mol. The molecule has 0 aromatic heterocycles. The average Bonchev–Trinajstić information content (AvgIpc) is 2.54. The number of halogens is 3. The maximum absolute atomic E-state index is 14.3. The number of nitrogen functional groups attached to an aromatic ring is 1. The van der Waals surface area contributed by atoms with Crippen LogP contribution >= 0.6 is 23.2 Å². The van der Waals surface area contributed by atoms with Gasteiger partial charge in [0, 0.05) is 24.7 Å². The van der Waals surface area contributed by atoms with E-state index in [1.54, 1.807) is 12.1 Å². The van der Waals surface area contributed by atoms with E-state index in [0.29, 0.717) is 27.9 Å². The van der Waals surface area contributed by atoms with Gasteiger partial charge in [0.1, 0.15) is 5.16 Å². The zero-order valence-corrected chi connectivity index (χ0v) is 15.8. The molecule has 0 atom stereocenters. The van der Waals surface area contributed by atoms with Crippen molar-refractivity contribution in [1.29, 1.82) is 0 Å². The summed E-state index contributed by atoms with van der Waals surface area (Å²) in [6.07, 6.45) is 0. The molecule has 2 nitrogen and oxygen atoms in total. The Morgan fingerprint density at radius 2 is 1.83 bits per heavy atom. The van der Waals surface area contributed by atoms with Crippen LogP contribution in [0.5, 0.6) is 0 Å². The van der Waals surface area contributed by atoms with E-state index < -0.39 is 5.82 Å². The third kappa shape index (κ3) is 3.68. The SMILES string of the molecule is CC(C)=C(Cl)N(C)Cc1ccc(-c2cccc(N)c2F)c(Cl)c1C. The van der Waals surface area contributed by atoms with E-state index in [9.17, 15) is 4.39 Å². The Balaban J connectivity index is 2.43. The molecule has 24 heavy (non-hydrogen) atoms. The number of nitrogens with zero attached hydrogens (tertiary/aromatic N) is 1. The Bertz CT molecular complexity index is 796. The molecule has 128 valence electrons. The second kappa shape index (κ2) is 7.45. The molecule has 0 aliphatic heterocycles. The first-order chi connectivity index (χ1) is 11.2. The molecule has 5 heteroatoms. The number of anilines is 1. The Labute approximate surface area is 152 Å². The normalized spacial score (nSPS) is 10.6. The van der Waals surface area contributed by atoms with E-state index in [1.807, 2.05) is 44.9 Å². The van der Waals surface area contributed by atoms with Gasteiger partial charge in [-0.25, -0.2) is 4.39 Å². The Kier molecular flexibility index (Phi) is 5.79. The van der Waals surface area contributed by atoms with E-state index in [0.717, 1.165) is 16.7 Å². The van der Waals surface area contributed by atoms with E-state index in [2.05, 4.69) is 0 Å². The third-order valence-corrected chi connectivity index (χ3v) is 5.13. The first-order valence-electron chi connectivity index (χ1n) is 7.60. The van der Waals surface area contributed by atoms with Gasteiger partial charge in [0.05, 0.1) is 10.7 Å². The van der Waals surface area contributed by atoms with Crippen LogP contribution in [-0.2, 0) is 6.54 Å². The molecule has 2 aromatic carbocycles. The molecule has 2 aromatic rings. The third-order valence-electron chi connectivity index (χ3n) is 3.97. The van der Waals surface area contributed by atoms with Crippen molar-refractivity contribution in [3.8, 4) is 11.1 Å². The van der Waals surface area contributed by atoms with Crippen molar-refractivity contribution in [3.63, 3.8) is 0 Å². The quantitative estimate of drug-likeness (QED) is 0.534. The molecule has 0 bridgehead atoms. The summed E-state index contributed by atoms with van der Waals surface area (Å²) >= 11 is 12.8. The highest BCUT2D eigenvalue weighted by atomic mass is 35.5. The standard InChI is InChI=1S/C19H21Cl2FN2/c1-11(2)19(21)24(4)10-13-8-9-14(17(20)12(13)3)15-6-5-7-16(23)18(15)22/h5-9H,10,23H2,1-4H3. The second-order valence-corrected chi connectivity index (χ2v) is 6.80. The molecule has 0 aliphatic carbocycles. The summed E-state index contributed by atoms with van der Waals surface area (Å²) in [5.41, 5.74) is 9.80. The van der Waals surface area contributed by atoms with Crippen molar-refractivity contribution in [2.45, 2.75) is 27.3 Å². The second-order valence-electron chi connectivity index (χ2n) is 6.07. The van der Waals surface area contributed by atoms with E-state index >= 15 is 0 Å². The molecule has 0 unspecified atom stereocenters. The van der Waals surface area contributed by atoms with Gasteiger partial charge in [0.25, 0.3) is 0 Å². The zero-order valence-electron chi connectivity index (χ0n) is 14.3. The highest BCUT2D eigenvalue weighted by molar-refractivity contribution is 6.34. The molecule has 0 saturated carbocycles. The lowest BCUT2D eigenvalue weighted by atomic mass is 9.98. The average molecular weight is 367 g/mol. The summed E-state index contributed by atoms with van der Waals surface area (Å²) in [6, 6.07) is 8.70. The summed E-state index contributed by atoms with van der Waals surface area (Å²) in [5.74, 6) is -0.448. The maximum atomic E-state index is 14.3. The van der Waals surface area contributed by atoms with E-state index in [1.165, 1.54) is 6.07 Å². The maximum Gasteiger partial charge on any atom is 0.153 e. The molecule has 0 saturated heterocycles. The lowest BCUT2D eigenvalue weighted by Crippen LogP contribution is -2.16.